The Balaban J connectivity index is 1.86. The molecule has 0 saturated heterocycles. The van der Waals surface area contributed by atoms with Gasteiger partial charge in [0.1, 0.15) is 28.9 Å². The fourth-order valence-electron chi connectivity index (χ4n) is 2.54. The molecule has 0 fully saturated rings. The van der Waals surface area contributed by atoms with Gasteiger partial charge in [-0.25, -0.2) is 0 Å². The highest BCUT2D eigenvalue weighted by molar-refractivity contribution is 6.30. The van der Waals surface area contributed by atoms with Crippen molar-refractivity contribution in [3.05, 3.63) is 59.8 Å². The molecule has 24 heavy (non-hydrogen) atoms. The minimum atomic E-state index is 0.666. The van der Waals surface area contributed by atoms with Crippen molar-refractivity contribution in [3.63, 3.8) is 0 Å². The molecule has 0 aliphatic carbocycles. The Morgan fingerprint density at radius 3 is 2.21 bits per heavy atom. The van der Waals surface area contributed by atoms with Crippen LogP contribution in [0, 0.1) is 0 Å². The van der Waals surface area contributed by atoms with Gasteiger partial charge in [0.15, 0.2) is 0 Å². The molecule has 2 aromatic carbocycles. The van der Waals surface area contributed by atoms with Crippen LogP contribution in [0.25, 0.3) is 33.4 Å². The molecule has 4 rings (SSSR count). The molecule has 4 aromatic rings. The Morgan fingerprint density at radius 1 is 0.875 bits per heavy atom. The van der Waals surface area contributed by atoms with Crippen molar-refractivity contribution in [2.75, 3.05) is 7.11 Å². The lowest BCUT2D eigenvalue weighted by Crippen LogP contribution is -1.94. The van der Waals surface area contributed by atoms with E-state index in [2.05, 4.69) is 15.4 Å². The maximum atomic E-state index is 5.95. The van der Waals surface area contributed by atoms with Crippen molar-refractivity contribution in [1.82, 2.24) is 15.4 Å². The number of hydrogen-bond donors (Lipinski definition) is 0. The number of aromatic nitrogens is 3. The van der Waals surface area contributed by atoms with Crippen molar-refractivity contribution < 1.29 is 9.26 Å². The summed E-state index contributed by atoms with van der Waals surface area (Å²) in [5.74, 6) is 0.779. The molecule has 0 aliphatic heterocycles. The summed E-state index contributed by atoms with van der Waals surface area (Å²) in [5.41, 5.74) is 3.84. The fraction of sp³-hybridized carbons (Fsp3) is 0.0556. The average Bonchev–Trinajstić information content (AvgIpc) is 3.12. The van der Waals surface area contributed by atoms with Gasteiger partial charge in [-0.15, -0.1) is 10.2 Å². The minimum absolute atomic E-state index is 0.666. The van der Waals surface area contributed by atoms with E-state index in [9.17, 15) is 0 Å². The van der Waals surface area contributed by atoms with Crippen LogP contribution in [0.2, 0.25) is 5.02 Å². The zero-order chi connectivity index (χ0) is 16.5. The molecule has 0 amide bonds. The molecular weight excluding hydrogens is 326 g/mol. The molecule has 0 unspecified atom stereocenters. The van der Waals surface area contributed by atoms with Gasteiger partial charge in [0.05, 0.1) is 12.5 Å². The van der Waals surface area contributed by atoms with Gasteiger partial charge < -0.3 is 9.26 Å². The van der Waals surface area contributed by atoms with Gasteiger partial charge in [0.2, 0.25) is 0 Å². The number of nitrogens with zero attached hydrogens (tertiary/aromatic N) is 3. The number of fused-ring (bicyclic) bond motifs is 1. The second kappa shape index (κ2) is 5.94. The molecule has 0 spiro atoms. The lowest BCUT2D eigenvalue weighted by atomic mass is 10.1. The molecule has 0 radical (unpaired) electrons. The van der Waals surface area contributed by atoms with Crippen molar-refractivity contribution in [2.45, 2.75) is 0 Å². The standard InChI is InChI=1S/C18H12ClN3O2/c1-23-14-8-4-12(5-9-14)17-18-15(10-24-22-18)16(20-21-17)11-2-6-13(19)7-3-11/h2-10H,1H3. The zero-order valence-corrected chi connectivity index (χ0v) is 13.5. The smallest absolute Gasteiger partial charge is 0.144 e. The molecular formula is C18H12ClN3O2. The fourth-order valence-corrected chi connectivity index (χ4v) is 2.67. The molecule has 0 atom stereocenters. The number of benzene rings is 2. The summed E-state index contributed by atoms with van der Waals surface area (Å²) in [5, 5.41) is 14.3. The topological polar surface area (TPSA) is 61.0 Å². The van der Waals surface area contributed by atoms with Crippen LogP contribution in [0.1, 0.15) is 0 Å². The molecule has 0 saturated carbocycles. The Kier molecular flexibility index (Phi) is 3.63. The predicted octanol–water partition coefficient (Wildman–Crippen LogP) is 4.61. The summed E-state index contributed by atoms with van der Waals surface area (Å²) in [6.07, 6.45) is 1.58. The summed E-state index contributed by atoms with van der Waals surface area (Å²) in [7, 11) is 1.63. The van der Waals surface area contributed by atoms with E-state index in [-0.39, 0.29) is 0 Å². The maximum absolute atomic E-state index is 5.95. The maximum Gasteiger partial charge on any atom is 0.144 e. The second-order valence-electron chi connectivity index (χ2n) is 5.21. The number of methoxy groups -OCH3 is 1. The largest absolute Gasteiger partial charge is 0.497 e. The van der Waals surface area contributed by atoms with Crippen molar-refractivity contribution >= 4 is 22.5 Å². The van der Waals surface area contributed by atoms with Gasteiger partial charge >= 0.3 is 0 Å². The average molecular weight is 338 g/mol. The minimum Gasteiger partial charge on any atom is -0.497 e. The van der Waals surface area contributed by atoms with Crippen LogP contribution >= 0.6 is 11.6 Å². The third-order valence-corrected chi connectivity index (χ3v) is 4.03. The van der Waals surface area contributed by atoms with E-state index >= 15 is 0 Å². The Morgan fingerprint density at radius 2 is 1.50 bits per heavy atom. The van der Waals surface area contributed by atoms with Gasteiger partial charge in [-0.05, 0) is 36.4 Å². The third-order valence-electron chi connectivity index (χ3n) is 3.78. The summed E-state index contributed by atoms with van der Waals surface area (Å²) in [6, 6.07) is 15.0. The lowest BCUT2D eigenvalue weighted by molar-refractivity contribution is 0.415. The van der Waals surface area contributed by atoms with E-state index in [1.54, 1.807) is 13.4 Å². The Bertz CT molecular complexity index is 995. The van der Waals surface area contributed by atoms with Crippen LogP contribution in [-0.2, 0) is 0 Å². The first-order valence-corrected chi connectivity index (χ1v) is 7.65. The molecule has 0 N–H and O–H groups in total. The molecule has 0 bridgehead atoms. The lowest BCUT2D eigenvalue weighted by Gasteiger charge is -2.06. The first-order valence-electron chi connectivity index (χ1n) is 7.27. The first-order chi connectivity index (χ1) is 11.8. The summed E-state index contributed by atoms with van der Waals surface area (Å²) < 4.78 is 10.4. The van der Waals surface area contributed by atoms with Crippen LogP contribution in [0.5, 0.6) is 5.75 Å². The van der Waals surface area contributed by atoms with E-state index in [1.807, 2.05) is 48.5 Å². The third kappa shape index (κ3) is 2.49. The highest BCUT2D eigenvalue weighted by atomic mass is 35.5. The Hall–Kier alpha value is -2.92. The van der Waals surface area contributed by atoms with Crippen molar-refractivity contribution in [3.8, 4) is 28.3 Å². The number of hydrogen-bond acceptors (Lipinski definition) is 5. The van der Waals surface area contributed by atoms with Gasteiger partial charge in [-0.2, -0.15) is 0 Å². The quantitative estimate of drug-likeness (QED) is 0.546. The Labute approximate surface area is 142 Å². The van der Waals surface area contributed by atoms with E-state index in [1.165, 1.54) is 0 Å². The summed E-state index contributed by atoms with van der Waals surface area (Å²) in [4.78, 5) is 0. The molecule has 5 nitrogen and oxygen atoms in total. The SMILES string of the molecule is COc1ccc(-c2nnc(-c3ccc(Cl)cc3)c3conc23)cc1. The van der Waals surface area contributed by atoms with Gasteiger partial charge in [0, 0.05) is 16.1 Å². The summed E-state index contributed by atoms with van der Waals surface area (Å²) >= 11 is 5.95. The van der Waals surface area contributed by atoms with Crippen LogP contribution in [0.15, 0.2) is 59.3 Å². The first kappa shape index (κ1) is 14.7. The van der Waals surface area contributed by atoms with Crippen molar-refractivity contribution in [1.29, 1.82) is 0 Å². The van der Waals surface area contributed by atoms with Crippen LogP contribution in [0.3, 0.4) is 0 Å². The molecule has 2 aromatic heterocycles. The molecule has 6 heteroatoms. The normalized spacial score (nSPS) is 10.9. The highest BCUT2D eigenvalue weighted by Gasteiger charge is 2.16. The number of halogens is 1. The van der Waals surface area contributed by atoms with Crippen LogP contribution in [-0.4, -0.2) is 22.5 Å². The van der Waals surface area contributed by atoms with Crippen molar-refractivity contribution in [2.24, 2.45) is 0 Å². The van der Waals surface area contributed by atoms with Gasteiger partial charge in [-0.3, -0.25) is 0 Å². The zero-order valence-electron chi connectivity index (χ0n) is 12.7. The van der Waals surface area contributed by atoms with Crippen LogP contribution < -0.4 is 4.74 Å². The van der Waals surface area contributed by atoms with Crippen LogP contribution in [0.4, 0.5) is 0 Å². The van der Waals surface area contributed by atoms with Gasteiger partial charge in [0.25, 0.3) is 0 Å². The van der Waals surface area contributed by atoms with E-state index in [0.29, 0.717) is 21.9 Å². The predicted molar refractivity (Wildman–Crippen MR) is 92.0 cm³/mol. The van der Waals surface area contributed by atoms with Gasteiger partial charge in [-0.1, -0.05) is 28.9 Å². The molecule has 0 aliphatic rings. The molecule has 2 heterocycles. The highest BCUT2D eigenvalue weighted by Crippen LogP contribution is 2.32. The van der Waals surface area contributed by atoms with E-state index in [0.717, 1.165) is 22.3 Å². The summed E-state index contributed by atoms with van der Waals surface area (Å²) in [6.45, 7) is 0. The molecule has 118 valence electrons. The van der Waals surface area contributed by atoms with E-state index < -0.39 is 0 Å². The number of rotatable bonds is 3. The monoisotopic (exact) mass is 337 g/mol. The number of ether oxygens (including phenoxy) is 1. The second-order valence-corrected chi connectivity index (χ2v) is 5.65. The van der Waals surface area contributed by atoms with E-state index in [4.69, 9.17) is 20.9 Å².